The Kier molecular flexibility index (Phi) is 10.4. The van der Waals surface area contributed by atoms with Crippen LogP contribution in [-0.4, -0.2) is 79.0 Å². The lowest BCUT2D eigenvalue weighted by molar-refractivity contribution is -0.116. The van der Waals surface area contributed by atoms with Crippen molar-refractivity contribution in [3.8, 4) is 17.2 Å². The summed E-state index contributed by atoms with van der Waals surface area (Å²) in [5, 5.41) is 12.5. The second-order valence-corrected chi connectivity index (χ2v) is 9.67. The molecular weight excluding hydrogens is 496 g/mol. The molecular formula is C25H34N6O5S. The number of nitrogens with zero attached hydrogens (tertiary/aromatic N) is 4. The first kappa shape index (κ1) is 28.1. The molecule has 0 spiro atoms. The second kappa shape index (κ2) is 13.7. The van der Waals surface area contributed by atoms with Crippen LogP contribution in [0, 0.1) is 0 Å². The van der Waals surface area contributed by atoms with Crippen LogP contribution in [0.15, 0.2) is 29.6 Å². The average molecular weight is 531 g/mol. The van der Waals surface area contributed by atoms with Crippen LogP contribution in [0.25, 0.3) is 17.1 Å². The van der Waals surface area contributed by atoms with Crippen molar-refractivity contribution in [3.63, 3.8) is 0 Å². The standard InChI is InChI=1S/C25H34N6O5S/c1-16(2)37-25-29-23(27-10-12-33-3)18-15-28-31(24(18)30-25)11-9-26-21(32)8-7-17-13-19(34-4)22(36-6)20(14-17)35-5/h7-8,13-16H,9-12H2,1-6H3,(H,26,32)(H,27,29,30). The maximum absolute atomic E-state index is 12.5. The van der Waals surface area contributed by atoms with E-state index < -0.39 is 0 Å². The van der Waals surface area contributed by atoms with Crippen LogP contribution >= 0.6 is 11.8 Å². The Balaban J connectivity index is 1.68. The fourth-order valence-corrected chi connectivity index (χ4v) is 4.19. The van der Waals surface area contributed by atoms with Crippen molar-refractivity contribution in [2.75, 3.05) is 53.5 Å². The summed E-state index contributed by atoms with van der Waals surface area (Å²) in [7, 11) is 6.29. The molecule has 2 N–H and O–H groups in total. The molecule has 0 saturated heterocycles. The molecule has 2 aromatic heterocycles. The van der Waals surface area contributed by atoms with Gasteiger partial charge in [0.25, 0.3) is 0 Å². The van der Waals surface area contributed by atoms with Gasteiger partial charge in [-0.05, 0) is 23.8 Å². The first-order valence-electron chi connectivity index (χ1n) is 11.8. The number of hydrogen-bond donors (Lipinski definition) is 2. The molecule has 3 rings (SSSR count). The van der Waals surface area contributed by atoms with E-state index in [0.717, 1.165) is 10.9 Å². The van der Waals surface area contributed by atoms with Crippen LogP contribution in [0.3, 0.4) is 0 Å². The van der Waals surface area contributed by atoms with Gasteiger partial charge in [-0.25, -0.2) is 14.6 Å². The van der Waals surface area contributed by atoms with Gasteiger partial charge in [-0.2, -0.15) is 5.10 Å². The predicted octanol–water partition coefficient (Wildman–Crippen LogP) is 3.24. The van der Waals surface area contributed by atoms with Crippen LogP contribution in [0.1, 0.15) is 19.4 Å². The monoisotopic (exact) mass is 530 g/mol. The van der Waals surface area contributed by atoms with Gasteiger partial charge in [0.1, 0.15) is 5.82 Å². The molecule has 0 aliphatic rings. The number of carbonyl (C=O) groups excluding carboxylic acids is 1. The van der Waals surface area contributed by atoms with Crippen molar-refractivity contribution in [1.29, 1.82) is 0 Å². The molecule has 0 fully saturated rings. The molecule has 0 atom stereocenters. The number of rotatable bonds is 14. The number of methoxy groups -OCH3 is 4. The minimum Gasteiger partial charge on any atom is -0.493 e. The molecule has 0 aliphatic heterocycles. The number of anilines is 1. The first-order chi connectivity index (χ1) is 17.9. The Bertz CT molecular complexity index is 1200. The van der Waals surface area contributed by atoms with E-state index in [4.69, 9.17) is 23.9 Å². The Hall–Kier alpha value is -3.51. The number of amides is 1. The van der Waals surface area contributed by atoms with Crippen LogP contribution in [0.4, 0.5) is 5.82 Å². The van der Waals surface area contributed by atoms with Gasteiger partial charge in [-0.15, -0.1) is 0 Å². The minimum atomic E-state index is -0.238. The lowest BCUT2D eigenvalue weighted by Crippen LogP contribution is -2.25. The molecule has 3 aromatic rings. The number of hydrogen-bond acceptors (Lipinski definition) is 10. The second-order valence-electron chi connectivity index (χ2n) is 8.13. The van der Waals surface area contributed by atoms with Gasteiger partial charge < -0.3 is 29.6 Å². The molecule has 2 heterocycles. The van der Waals surface area contributed by atoms with Gasteiger partial charge in [0.2, 0.25) is 11.7 Å². The molecule has 0 unspecified atom stereocenters. The van der Waals surface area contributed by atoms with E-state index in [0.29, 0.717) is 65.4 Å². The number of benzene rings is 1. The normalized spacial score (nSPS) is 11.3. The molecule has 12 heteroatoms. The number of aromatic nitrogens is 4. The highest BCUT2D eigenvalue weighted by Crippen LogP contribution is 2.38. The molecule has 0 bridgehead atoms. The zero-order chi connectivity index (χ0) is 26.8. The van der Waals surface area contributed by atoms with Crippen LogP contribution < -0.4 is 24.8 Å². The van der Waals surface area contributed by atoms with Crippen LogP contribution in [0.5, 0.6) is 17.2 Å². The molecule has 1 amide bonds. The van der Waals surface area contributed by atoms with Crippen molar-refractivity contribution in [3.05, 3.63) is 30.0 Å². The Labute approximate surface area is 220 Å². The number of thioether (sulfide) groups is 1. The smallest absolute Gasteiger partial charge is 0.244 e. The van der Waals surface area contributed by atoms with Crippen molar-refractivity contribution in [2.45, 2.75) is 30.8 Å². The summed E-state index contributed by atoms with van der Waals surface area (Å²) in [6.07, 6.45) is 4.88. The van der Waals surface area contributed by atoms with E-state index in [1.54, 1.807) is 69.3 Å². The topological polar surface area (TPSA) is 122 Å². The summed E-state index contributed by atoms with van der Waals surface area (Å²) in [5.74, 6) is 2.00. The highest BCUT2D eigenvalue weighted by Gasteiger charge is 2.15. The molecule has 200 valence electrons. The predicted molar refractivity (Wildman–Crippen MR) is 145 cm³/mol. The van der Waals surface area contributed by atoms with Crippen molar-refractivity contribution in [1.82, 2.24) is 25.1 Å². The van der Waals surface area contributed by atoms with Crippen molar-refractivity contribution < 1.29 is 23.7 Å². The maximum atomic E-state index is 12.5. The summed E-state index contributed by atoms with van der Waals surface area (Å²) >= 11 is 1.58. The number of fused-ring (bicyclic) bond motifs is 1. The van der Waals surface area contributed by atoms with Gasteiger partial charge in [0, 0.05) is 31.5 Å². The lowest BCUT2D eigenvalue weighted by atomic mass is 10.1. The van der Waals surface area contributed by atoms with Gasteiger partial charge >= 0.3 is 0 Å². The largest absolute Gasteiger partial charge is 0.493 e. The van der Waals surface area contributed by atoms with Crippen molar-refractivity contribution >= 4 is 40.6 Å². The molecule has 0 saturated carbocycles. The first-order valence-corrected chi connectivity index (χ1v) is 12.7. The third-order valence-corrected chi connectivity index (χ3v) is 6.02. The van der Waals surface area contributed by atoms with E-state index in [2.05, 4.69) is 34.6 Å². The number of ether oxygens (including phenoxy) is 4. The SMILES string of the molecule is COCCNc1nc(SC(C)C)nc2c1cnn2CCNC(=O)C=Cc1cc(OC)c(OC)c(OC)c1. The van der Waals surface area contributed by atoms with Gasteiger partial charge in [0.05, 0.1) is 46.1 Å². The summed E-state index contributed by atoms with van der Waals surface area (Å²) in [5.41, 5.74) is 1.45. The number of nitrogens with one attached hydrogen (secondary N) is 2. The third kappa shape index (κ3) is 7.49. The quantitative estimate of drug-likeness (QED) is 0.139. The fraction of sp³-hybridized carbons (Fsp3) is 0.440. The zero-order valence-corrected chi connectivity index (χ0v) is 22.8. The Morgan fingerprint density at radius 1 is 1.08 bits per heavy atom. The minimum absolute atomic E-state index is 0.238. The van der Waals surface area contributed by atoms with Crippen LogP contribution in [0.2, 0.25) is 0 Å². The fourth-order valence-electron chi connectivity index (χ4n) is 3.48. The van der Waals surface area contributed by atoms with E-state index in [1.807, 2.05) is 0 Å². The molecule has 0 aliphatic carbocycles. The highest BCUT2D eigenvalue weighted by molar-refractivity contribution is 7.99. The average Bonchev–Trinajstić information content (AvgIpc) is 3.29. The molecule has 37 heavy (non-hydrogen) atoms. The Morgan fingerprint density at radius 2 is 1.81 bits per heavy atom. The van der Waals surface area contributed by atoms with E-state index in [-0.39, 0.29) is 5.91 Å². The Morgan fingerprint density at radius 3 is 2.43 bits per heavy atom. The van der Waals surface area contributed by atoms with E-state index in [9.17, 15) is 4.79 Å². The van der Waals surface area contributed by atoms with Crippen molar-refractivity contribution in [2.24, 2.45) is 0 Å². The summed E-state index contributed by atoms with van der Waals surface area (Å²) in [6.45, 7) is 6.19. The van der Waals surface area contributed by atoms with Gasteiger partial charge in [-0.1, -0.05) is 25.6 Å². The third-order valence-electron chi connectivity index (χ3n) is 5.15. The molecule has 11 nitrogen and oxygen atoms in total. The zero-order valence-electron chi connectivity index (χ0n) is 22.0. The summed E-state index contributed by atoms with van der Waals surface area (Å²) in [4.78, 5) is 21.8. The van der Waals surface area contributed by atoms with E-state index in [1.165, 1.54) is 6.08 Å². The summed E-state index contributed by atoms with van der Waals surface area (Å²) < 4.78 is 23.0. The van der Waals surface area contributed by atoms with E-state index >= 15 is 0 Å². The van der Waals surface area contributed by atoms with Gasteiger partial charge in [-0.3, -0.25) is 4.79 Å². The molecule has 0 radical (unpaired) electrons. The maximum Gasteiger partial charge on any atom is 0.244 e. The van der Waals surface area contributed by atoms with Crippen LogP contribution in [-0.2, 0) is 16.1 Å². The number of carbonyl (C=O) groups is 1. The highest BCUT2D eigenvalue weighted by atomic mass is 32.2. The summed E-state index contributed by atoms with van der Waals surface area (Å²) in [6, 6.07) is 3.54. The van der Waals surface area contributed by atoms with Gasteiger partial charge in [0.15, 0.2) is 22.3 Å². The molecule has 1 aromatic carbocycles. The lowest BCUT2D eigenvalue weighted by Gasteiger charge is -2.12.